The molecule has 0 aliphatic carbocycles. The summed E-state index contributed by atoms with van der Waals surface area (Å²) in [6.45, 7) is 3.34. The number of nitrogens with one attached hydrogen (secondary N) is 1. The number of amides is 1. The first-order chi connectivity index (χ1) is 14.6. The van der Waals surface area contributed by atoms with Gasteiger partial charge in [0.05, 0.1) is 12.2 Å². The van der Waals surface area contributed by atoms with Crippen molar-refractivity contribution in [2.24, 2.45) is 4.99 Å². The zero-order chi connectivity index (χ0) is 20.7. The van der Waals surface area contributed by atoms with Gasteiger partial charge in [-0.05, 0) is 30.4 Å². The van der Waals surface area contributed by atoms with E-state index in [9.17, 15) is 9.18 Å². The molecule has 4 heterocycles. The number of hydrogen-bond donors (Lipinski definition) is 2. The molecule has 1 fully saturated rings. The van der Waals surface area contributed by atoms with Crippen LogP contribution in [0.1, 0.15) is 5.56 Å². The number of carbonyl (C=O) groups is 1. The number of amidine groups is 1. The third-order valence-corrected chi connectivity index (χ3v) is 5.45. The Kier molecular flexibility index (Phi) is 4.46. The fourth-order valence-corrected chi connectivity index (χ4v) is 3.84. The molecule has 0 atom stereocenters. The molecule has 10 heteroatoms. The quantitative estimate of drug-likeness (QED) is 0.803. The van der Waals surface area contributed by atoms with Gasteiger partial charge in [-0.3, -0.25) is 4.99 Å². The number of anilines is 4. The lowest BCUT2D eigenvalue weighted by Gasteiger charge is -2.34. The monoisotopic (exact) mass is 409 g/mol. The Balaban J connectivity index is 1.32. The molecular weight excluding hydrogens is 389 g/mol. The number of rotatable bonds is 3. The molecule has 0 bridgehead atoms. The first-order valence-corrected chi connectivity index (χ1v) is 9.75. The summed E-state index contributed by atoms with van der Waals surface area (Å²) in [6.07, 6.45) is 4.66. The van der Waals surface area contributed by atoms with Gasteiger partial charge < -0.3 is 25.1 Å². The maximum atomic E-state index is 14.8. The standard InChI is InChI=1S/C20H20FN7O2/c21-15-11-14(26-7-9-27(10-8-26)20(29)30)2-3-16(15)24-19-23-12-13-1-4-17-22-5-6-28(17)18(13)25-19/h1-4,11-12H,5-10H2,(H,29,30)(H,23,24,25). The van der Waals surface area contributed by atoms with Crippen molar-refractivity contribution < 1.29 is 14.3 Å². The molecule has 2 N–H and O–H groups in total. The lowest BCUT2D eigenvalue weighted by molar-refractivity contribution is 0.142. The van der Waals surface area contributed by atoms with Crippen LogP contribution in [0, 0.1) is 5.82 Å². The van der Waals surface area contributed by atoms with Gasteiger partial charge in [0.1, 0.15) is 17.5 Å². The third-order valence-electron chi connectivity index (χ3n) is 5.45. The predicted molar refractivity (Wildman–Crippen MR) is 112 cm³/mol. The van der Waals surface area contributed by atoms with E-state index in [-0.39, 0.29) is 5.69 Å². The average Bonchev–Trinajstić information content (AvgIpc) is 3.25. The number of aliphatic imine (C=N–C) groups is 1. The van der Waals surface area contributed by atoms with Crippen LogP contribution in [0.4, 0.5) is 32.3 Å². The summed E-state index contributed by atoms with van der Waals surface area (Å²) in [5.74, 6) is 1.54. The van der Waals surface area contributed by atoms with Crippen LogP contribution in [0.25, 0.3) is 6.08 Å². The van der Waals surface area contributed by atoms with Gasteiger partial charge in [0.2, 0.25) is 5.95 Å². The Hall–Kier alpha value is -3.69. The van der Waals surface area contributed by atoms with E-state index in [0.717, 1.165) is 36.0 Å². The second kappa shape index (κ2) is 7.29. The molecule has 3 aliphatic heterocycles. The van der Waals surface area contributed by atoms with Gasteiger partial charge in [0, 0.05) is 50.2 Å². The molecule has 0 spiro atoms. The van der Waals surface area contributed by atoms with Gasteiger partial charge in [-0.2, -0.15) is 4.98 Å². The van der Waals surface area contributed by atoms with Crippen LogP contribution in [-0.2, 0) is 0 Å². The number of carboxylic acid groups (broad SMARTS) is 1. The summed E-state index contributed by atoms with van der Waals surface area (Å²) >= 11 is 0. The fraction of sp³-hybridized carbons (Fsp3) is 0.300. The Morgan fingerprint density at radius 2 is 1.97 bits per heavy atom. The number of aromatic nitrogens is 2. The van der Waals surface area contributed by atoms with Gasteiger partial charge in [-0.15, -0.1) is 0 Å². The summed E-state index contributed by atoms with van der Waals surface area (Å²) in [5.41, 5.74) is 1.90. The highest BCUT2D eigenvalue weighted by atomic mass is 19.1. The number of nitrogens with zero attached hydrogens (tertiary/aromatic N) is 6. The van der Waals surface area contributed by atoms with Crippen LogP contribution in [0.15, 0.2) is 35.5 Å². The van der Waals surface area contributed by atoms with Gasteiger partial charge in [0.15, 0.2) is 0 Å². The van der Waals surface area contributed by atoms with Crippen LogP contribution in [-0.4, -0.2) is 71.2 Å². The van der Waals surface area contributed by atoms with Crippen molar-refractivity contribution in [3.05, 3.63) is 41.9 Å². The lowest BCUT2D eigenvalue weighted by Crippen LogP contribution is -2.48. The zero-order valence-electron chi connectivity index (χ0n) is 16.1. The minimum absolute atomic E-state index is 0.282. The molecule has 154 valence electrons. The summed E-state index contributed by atoms with van der Waals surface area (Å²) in [4.78, 5) is 29.7. The maximum absolute atomic E-state index is 14.8. The maximum Gasteiger partial charge on any atom is 0.407 e. The van der Waals surface area contributed by atoms with E-state index in [1.54, 1.807) is 12.3 Å². The Morgan fingerprint density at radius 3 is 2.73 bits per heavy atom. The molecule has 0 unspecified atom stereocenters. The Morgan fingerprint density at radius 1 is 1.13 bits per heavy atom. The SMILES string of the molecule is O=C(O)N1CCN(c2ccc(Nc3ncc4c(n3)N3CCN=C3C=C4)c(F)c2)CC1. The van der Waals surface area contributed by atoms with E-state index >= 15 is 0 Å². The van der Waals surface area contributed by atoms with E-state index in [2.05, 4.69) is 20.3 Å². The topological polar surface area (TPSA) is 97.2 Å². The van der Waals surface area contributed by atoms with Crippen LogP contribution >= 0.6 is 0 Å². The summed E-state index contributed by atoms with van der Waals surface area (Å²) in [5, 5.41) is 12.0. The van der Waals surface area contributed by atoms with E-state index in [4.69, 9.17) is 5.11 Å². The summed E-state index contributed by atoms with van der Waals surface area (Å²) < 4.78 is 14.8. The first-order valence-electron chi connectivity index (χ1n) is 9.75. The van der Waals surface area contributed by atoms with E-state index < -0.39 is 11.9 Å². The van der Waals surface area contributed by atoms with E-state index in [0.29, 0.717) is 32.1 Å². The molecule has 0 radical (unpaired) electrons. The minimum atomic E-state index is -0.923. The van der Waals surface area contributed by atoms with E-state index in [1.165, 1.54) is 11.0 Å². The average molecular weight is 409 g/mol. The van der Waals surface area contributed by atoms with Crippen molar-refractivity contribution in [1.82, 2.24) is 14.9 Å². The highest BCUT2D eigenvalue weighted by molar-refractivity contribution is 6.12. The predicted octanol–water partition coefficient (Wildman–Crippen LogP) is 2.40. The molecular formula is C20H20FN7O2. The molecule has 2 aromatic rings. The summed E-state index contributed by atoms with van der Waals surface area (Å²) in [6, 6.07) is 4.92. The molecule has 1 aromatic heterocycles. The van der Waals surface area contributed by atoms with Crippen molar-refractivity contribution in [1.29, 1.82) is 0 Å². The van der Waals surface area contributed by atoms with Gasteiger partial charge >= 0.3 is 6.09 Å². The molecule has 1 amide bonds. The fourth-order valence-electron chi connectivity index (χ4n) is 3.84. The summed E-state index contributed by atoms with van der Waals surface area (Å²) in [7, 11) is 0. The highest BCUT2D eigenvalue weighted by Crippen LogP contribution is 2.29. The van der Waals surface area contributed by atoms with Crippen molar-refractivity contribution in [3.63, 3.8) is 0 Å². The van der Waals surface area contributed by atoms with Gasteiger partial charge in [-0.1, -0.05) is 0 Å². The third kappa shape index (κ3) is 3.30. The van der Waals surface area contributed by atoms with E-state index in [1.807, 2.05) is 28.0 Å². The number of piperazine rings is 1. The van der Waals surface area contributed by atoms with Crippen LogP contribution < -0.4 is 15.1 Å². The zero-order valence-corrected chi connectivity index (χ0v) is 16.1. The number of hydrogen-bond acceptors (Lipinski definition) is 7. The highest BCUT2D eigenvalue weighted by Gasteiger charge is 2.25. The second-order valence-corrected chi connectivity index (χ2v) is 7.24. The van der Waals surface area contributed by atoms with Crippen LogP contribution in [0.5, 0.6) is 0 Å². The largest absolute Gasteiger partial charge is 0.465 e. The van der Waals surface area contributed by atoms with Crippen LogP contribution in [0.2, 0.25) is 0 Å². The number of benzene rings is 1. The molecule has 3 aliphatic rings. The molecule has 0 saturated carbocycles. The molecule has 5 rings (SSSR count). The normalized spacial score (nSPS) is 17.5. The van der Waals surface area contributed by atoms with Crippen LogP contribution in [0.3, 0.4) is 0 Å². The second-order valence-electron chi connectivity index (χ2n) is 7.24. The Bertz CT molecular complexity index is 1060. The van der Waals surface area contributed by atoms with Gasteiger partial charge in [-0.25, -0.2) is 14.2 Å². The first kappa shape index (κ1) is 18.3. The number of fused-ring (bicyclic) bond motifs is 3. The van der Waals surface area contributed by atoms with Crippen molar-refractivity contribution in [2.75, 3.05) is 54.4 Å². The van der Waals surface area contributed by atoms with Crippen molar-refractivity contribution in [3.8, 4) is 0 Å². The van der Waals surface area contributed by atoms with Crippen molar-refractivity contribution >= 4 is 41.1 Å². The molecule has 1 aromatic carbocycles. The molecule has 30 heavy (non-hydrogen) atoms. The number of halogens is 1. The molecule has 9 nitrogen and oxygen atoms in total. The Labute approximate surface area is 172 Å². The van der Waals surface area contributed by atoms with Crippen molar-refractivity contribution in [2.45, 2.75) is 0 Å². The minimum Gasteiger partial charge on any atom is -0.465 e. The van der Waals surface area contributed by atoms with Gasteiger partial charge in [0.25, 0.3) is 0 Å². The smallest absolute Gasteiger partial charge is 0.407 e. The molecule has 1 saturated heterocycles. The lowest BCUT2D eigenvalue weighted by atomic mass is 10.2.